The molecular weight excluding hydrogens is 334 g/mol. The van der Waals surface area contributed by atoms with Crippen molar-refractivity contribution in [1.29, 1.82) is 0 Å². The van der Waals surface area contributed by atoms with Crippen molar-refractivity contribution >= 4 is 50.8 Å². The SMILES string of the molecule is CSc1c(/C(N)=C\C(=O)C2CC2)ccc(Br)c1Cl. The molecule has 0 aromatic heterocycles. The van der Waals surface area contributed by atoms with Crippen molar-refractivity contribution in [3.05, 3.63) is 33.3 Å². The summed E-state index contributed by atoms with van der Waals surface area (Å²) >= 11 is 11.1. The molecule has 1 fully saturated rings. The summed E-state index contributed by atoms with van der Waals surface area (Å²) in [4.78, 5) is 12.6. The van der Waals surface area contributed by atoms with E-state index < -0.39 is 0 Å². The van der Waals surface area contributed by atoms with Crippen LogP contribution in [-0.2, 0) is 4.79 Å². The van der Waals surface area contributed by atoms with Gasteiger partial charge >= 0.3 is 0 Å². The van der Waals surface area contributed by atoms with Gasteiger partial charge in [0, 0.05) is 32.6 Å². The molecule has 2 rings (SSSR count). The maximum absolute atomic E-state index is 11.7. The molecule has 96 valence electrons. The number of benzene rings is 1. The number of halogens is 2. The lowest BCUT2D eigenvalue weighted by Crippen LogP contribution is -2.04. The molecule has 0 amide bonds. The average Bonchev–Trinajstić information content (AvgIpc) is 3.16. The Bertz CT molecular complexity index is 526. The van der Waals surface area contributed by atoms with Crippen LogP contribution in [0.3, 0.4) is 0 Å². The number of nitrogens with two attached hydrogens (primary N) is 1. The van der Waals surface area contributed by atoms with E-state index in [2.05, 4.69) is 15.9 Å². The summed E-state index contributed by atoms with van der Waals surface area (Å²) in [6.45, 7) is 0. The van der Waals surface area contributed by atoms with Gasteiger partial charge in [-0.1, -0.05) is 17.7 Å². The first kappa shape index (κ1) is 14.0. The highest BCUT2D eigenvalue weighted by atomic mass is 79.9. The summed E-state index contributed by atoms with van der Waals surface area (Å²) < 4.78 is 0.832. The maximum atomic E-state index is 11.7. The smallest absolute Gasteiger partial charge is 0.160 e. The van der Waals surface area contributed by atoms with Crippen LogP contribution in [0.4, 0.5) is 0 Å². The van der Waals surface area contributed by atoms with Crippen LogP contribution in [0, 0.1) is 5.92 Å². The van der Waals surface area contributed by atoms with E-state index in [1.807, 2.05) is 18.4 Å². The topological polar surface area (TPSA) is 43.1 Å². The predicted octanol–water partition coefficient (Wildman–Crippen LogP) is 4.10. The fourth-order valence-electron chi connectivity index (χ4n) is 1.68. The van der Waals surface area contributed by atoms with Crippen LogP contribution >= 0.6 is 39.3 Å². The molecule has 0 spiro atoms. The van der Waals surface area contributed by atoms with E-state index in [1.54, 1.807) is 0 Å². The van der Waals surface area contributed by atoms with Crippen molar-refractivity contribution in [2.75, 3.05) is 6.26 Å². The lowest BCUT2D eigenvalue weighted by molar-refractivity contribution is -0.115. The summed E-state index contributed by atoms with van der Waals surface area (Å²) in [5, 5.41) is 0.634. The molecule has 0 unspecified atom stereocenters. The fourth-order valence-corrected chi connectivity index (χ4v) is 3.23. The number of carbonyl (C=O) groups is 1. The van der Waals surface area contributed by atoms with Crippen LogP contribution in [0.2, 0.25) is 5.02 Å². The molecule has 0 saturated heterocycles. The van der Waals surface area contributed by atoms with Crippen molar-refractivity contribution < 1.29 is 4.79 Å². The Morgan fingerprint density at radius 2 is 2.22 bits per heavy atom. The van der Waals surface area contributed by atoms with E-state index in [1.165, 1.54) is 17.8 Å². The highest BCUT2D eigenvalue weighted by Gasteiger charge is 2.28. The van der Waals surface area contributed by atoms with E-state index in [-0.39, 0.29) is 11.7 Å². The van der Waals surface area contributed by atoms with Crippen molar-refractivity contribution in [3.63, 3.8) is 0 Å². The summed E-state index contributed by atoms with van der Waals surface area (Å²) in [6, 6.07) is 3.73. The maximum Gasteiger partial charge on any atom is 0.160 e. The van der Waals surface area contributed by atoms with E-state index in [0.717, 1.165) is 27.8 Å². The Hall–Kier alpha value is -0.450. The van der Waals surface area contributed by atoms with Gasteiger partial charge in [-0.15, -0.1) is 11.8 Å². The molecule has 1 aliphatic rings. The zero-order valence-corrected chi connectivity index (χ0v) is 13.0. The van der Waals surface area contributed by atoms with Crippen molar-refractivity contribution in [3.8, 4) is 0 Å². The molecule has 0 atom stereocenters. The Kier molecular flexibility index (Phi) is 4.41. The molecular formula is C13H13BrClNOS. The number of thioether (sulfide) groups is 1. The van der Waals surface area contributed by atoms with Gasteiger partial charge in [-0.05, 0) is 41.1 Å². The molecule has 1 aromatic carbocycles. The number of rotatable bonds is 4. The zero-order chi connectivity index (χ0) is 13.3. The lowest BCUT2D eigenvalue weighted by atomic mass is 10.1. The molecule has 1 saturated carbocycles. The number of allylic oxidation sites excluding steroid dienone is 1. The predicted molar refractivity (Wildman–Crippen MR) is 80.8 cm³/mol. The standard InChI is InChI=1S/C13H13BrClNOS/c1-18-13-8(4-5-9(14)12(13)15)10(16)6-11(17)7-2-3-7/h4-7H,2-3,16H2,1H3/b10-6+. The van der Waals surface area contributed by atoms with E-state index >= 15 is 0 Å². The molecule has 0 bridgehead atoms. The third kappa shape index (κ3) is 2.92. The van der Waals surface area contributed by atoms with Gasteiger partial charge in [0.2, 0.25) is 0 Å². The Labute approximate surface area is 124 Å². The molecule has 18 heavy (non-hydrogen) atoms. The fraction of sp³-hybridized carbons (Fsp3) is 0.308. The summed E-state index contributed by atoms with van der Waals surface area (Å²) in [7, 11) is 0. The van der Waals surface area contributed by atoms with Crippen LogP contribution in [0.1, 0.15) is 18.4 Å². The van der Waals surface area contributed by atoms with Crippen LogP contribution in [0.15, 0.2) is 27.6 Å². The van der Waals surface area contributed by atoms with Gasteiger partial charge in [0.25, 0.3) is 0 Å². The van der Waals surface area contributed by atoms with E-state index in [4.69, 9.17) is 17.3 Å². The normalized spacial score (nSPS) is 15.8. The first-order valence-corrected chi connectivity index (χ1v) is 7.97. The average molecular weight is 347 g/mol. The highest BCUT2D eigenvalue weighted by molar-refractivity contribution is 9.10. The largest absolute Gasteiger partial charge is 0.398 e. The molecule has 0 heterocycles. The lowest BCUT2D eigenvalue weighted by Gasteiger charge is -2.11. The third-order valence-electron chi connectivity index (χ3n) is 2.84. The first-order valence-electron chi connectivity index (χ1n) is 5.58. The van der Waals surface area contributed by atoms with Gasteiger partial charge in [-0.25, -0.2) is 0 Å². The van der Waals surface area contributed by atoms with Crippen LogP contribution in [0.25, 0.3) is 5.70 Å². The van der Waals surface area contributed by atoms with Crippen LogP contribution in [0.5, 0.6) is 0 Å². The summed E-state index contributed by atoms with van der Waals surface area (Å²) in [5.41, 5.74) is 7.32. The Balaban J connectivity index is 2.37. The van der Waals surface area contributed by atoms with Crippen LogP contribution in [-0.4, -0.2) is 12.0 Å². The molecule has 0 radical (unpaired) electrons. The van der Waals surface area contributed by atoms with Crippen molar-refractivity contribution in [2.24, 2.45) is 11.7 Å². The van der Waals surface area contributed by atoms with Gasteiger partial charge in [-0.2, -0.15) is 0 Å². The molecule has 1 aromatic rings. The molecule has 0 aliphatic heterocycles. The zero-order valence-electron chi connectivity index (χ0n) is 9.87. The quantitative estimate of drug-likeness (QED) is 0.659. The minimum absolute atomic E-state index is 0.124. The number of hydrogen-bond acceptors (Lipinski definition) is 3. The Morgan fingerprint density at radius 1 is 1.56 bits per heavy atom. The summed E-state index contributed by atoms with van der Waals surface area (Å²) in [6.07, 6.45) is 5.45. The third-order valence-corrected chi connectivity index (χ3v) is 5.07. The van der Waals surface area contributed by atoms with Gasteiger partial charge < -0.3 is 5.73 Å². The number of ketones is 1. The molecule has 1 aliphatic carbocycles. The second kappa shape index (κ2) is 5.68. The molecule has 2 N–H and O–H groups in total. The minimum Gasteiger partial charge on any atom is -0.398 e. The van der Waals surface area contributed by atoms with Gasteiger partial charge in [0.05, 0.1) is 5.02 Å². The molecule has 5 heteroatoms. The van der Waals surface area contributed by atoms with E-state index in [0.29, 0.717) is 10.7 Å². The first-order chi connectivity index (χ1) is 8.54. The second-order valence-electron chi connectivity index (χ2n) is 4.22. The Morgan fingerprint density at radius 3 is 2.78 bits per heavy atom. The van der Waals surface area contributed by atoms with Crippen LogP contribution < -0.4 is 5.73 Å². The minimum atomic E-state index is 0.124. The molecule has 2 nitrogen and oxygen atoms in total. The van der Waals surface area contributed by atoms with Crippen molar-refractivity contribution in [1.82, 2.24) is 0 Å². The van der Waals surface area contributed by atoms with Crippen molar-refractivity contribution in [2.45, 2.75) is 17.7 Å². The monoisotopic (exact) mass is 345 g/mol. The number of hydrogen-bond donors (Lipinski definition) is 1. The highest BCUT2D eigenvalue weighted by Crippen LogP contribution is 2.37. The van der Waals surface area contributed by atoms with Gasteiger partial charge in [0.1, 0.15) is 0 Å². The number of carbonyl (C=O) groups excluding carboxylic acids is 1. The van der Waals surface area contributed by atoms with E-state index in [9.17, 15) is 4.79 Å². The van der Waals surface area contributed by atoms with Gasteiger partial charge in [-0.3, -0.25) is 4.79 Å². The summed E-state index contributed by atoms with van der Waals surface area (Å²) in [5.74, 6) is 0.311. The van der Waals surface area contributed by atoms with Gasteiger partial charge in [0.15, 0.2) is 5.78 Å². The second-order valence-corrected chi connectivity index (χ2v) is 6.27.